The van der Waals surface area contributed by atoms with Gasteiger partial charge in [0.2, 0.25) is 0 Å². The number of pyridine rings is 1. The highest BCUT2D eigenvalue weighted by molar-refractivity contribution is 6.36. The quantitative estimate of drug-likeness (QED) is 0.601. The molecule has 24 heavy (non-hydrogen) atoms. The lowest BCUT2D eigenvalue weighted by Crippen LogP contribution is -2.00. The third-order valence-electron chi connectivity index (χ3n) is 3.47. The maximum atomic E-state index is 11.3. The molecule has 0 radical (unpaired) electrons. The van der Waals surface area contributed by atoms with Crippen LogP contribution in [0.15, 0.2) is 54.7 Å². The molecule has 1 N–H and O–H groups in total. The molecule has 0 aliphatic carbocycles. The summed E-state index contributed by atoms with van der Waals surface area (Å²) in [5.74, 6) is -1.06. The first-order valence-electron chi connectivity index (χ1n) is 6.90. The van der Waals surface area contributed by atoms with Crippen LogP contribution in [0.5, 0.6) is 0 Å². The molecule has 3 aromatic rings. The summed E-state index contributed by atoms with van der Waals surface area (Å²) in [4.78, 5) is 15.6. The van der Waals surface area contributed by atoms with Gasteiger partial charge in [-0.2, -0.15) is 0 Å². The molecule has 0 fully saturated rings. The Labute approximate surface area is 153 Å². The van der Waals surface area contributed by atoms with Crippen molar-refractivity contribution in [3.8, 4) is 22.4 Å². The van der Waals surface area contributed by atoms with E-state index >= 15 is 0 Å². The smallest absolute Gasteiger partial charge is 0.337 e. The maximum Gasteiger partial charge on any atom is 0.337 e. The lowest BCUT2D eigenvalue weighted by molar-refractivity contribution is 0.0696. The van der Waals surface area contributed by atoms with Crippen molar-refractivity contribution in [2.45, 2.75) is 0 Å². The monoisotopic (exact) mass is 377 g/mol. The van der Waals surface area contributed by atoms with E-state index in [0.29, 0.717) is 31.9 Å². The number of hydrogen-bond acceptors (Lipinski definition) is 2. The van der Waals surface area contributed by atoms with E-state index in [2.05, 4.69) is 4.98 Å². The van der Waals surface area contributed by atoms with Crippen molar-refractivity contribution in [2.75, 3.05) is 0 Å². The van der Waals surface area contributed by atoms with Crippen LogP contribution in [0.25, 0.3) is 22.4 Å². The molecule has 0 aliphatic heterocycles. The number of carboxylic acid groups (broad SMARTS) is 1. The Hall–Kier alpha value is -2.07. The van der Waals surface area contributed by atoms with E-state index in [0.717, 1.165) is 5.56 Å². The summed E-state index contributed by atoms with van der Waals surface area (Å²) in [5.41, 5.74) is 2.76. The van der Waals surface area contributed by atoms with Gasteiger partial charge < -0.3 is 5.11 Å². The van der Waals surface area contributed by atoms with Gasteiger partial charge >= 0.3 is 5.97 Å². The fourth-order valence-corrected chi connectivity index (χ4v) is 2.97. The molecule has 0 atom stereocenters. The summed E-state index contributed by atoms with van der Waals surface area (Å²) in [7, 11) is 0. The molecule has 0 spiro atoms. The van der Waals surface area contributed by atoms with Crippen molar-refractivity contribution < 1.29 is 9.90 Å². The van der Waals surface area contributed by atoms with E-state index in [-0.39, 0.29) is 5.56 Å². The summed E-state index contributed by atoms with van der Waals surface area (Å²) >= 11 is 18.2. The second-order valence-corrected chi connectivity index (χ2v) is 6.34. The SMILES string of the molecule is O=C(O)c1cnc(-c2ccc(Cl)cc2)c(-c2ccc(Cl)cc2Cl)c1. The van der Waals surface area contributed by atoms with Gasteiger partial charge in [-0.25, -0.2) is 4.79 Å². The Kier molecular flexibility index (Phi) is 4.76. The van der Waals surface area contributed by atoms with Gasteiger partial charge in [0.15, 0.2) is 0 Å². The minimum atomic E-state index is -1.06. The Morgan fingerprint density at radius 1 is 0.875 bits per heavy atom. The Morgan fingerprint density at radius 3 is 2.17 bits per heavy atom. The van der Waals surface area contributed by atoms with Gasteiger partial charge in [0, 0.05) is 38.0 Å². The highest BCUT2D eigenvalue weighted by Gasteiger charge is 2.15. The molecule has 0 unspecified atom stereocenters. The Balaban J connectivity index is 2.26. The topological polar surface area (TPSA) is 50.2 Å². The van der Waals surface area contributed by atoms with Gasteiger partial charge in [-0.3, -0.25) is 4.98 Å². The molecule has 0 bridgehead atoms. The summed E-state index contributed by atoms with van der Waals surface area (Å²) in [5, 5.41) is 10.8. The lowest BCUT2D eigenvalue weighted by Gasteiger charge is -2.12. The molecular weight excluding hydrogens is 369 g/mol. The van der Waals surface area contributed by atoms with Gasteiger partial charge in [0.05, 0.1) is 11.3 Å². The van der Waals surface area contributed by atoms with Gasteiger partial charge in [-0.05, 0) is 30.3 Å². The van der Waals surface area contributed by atoms with Crippen LogP contribution in [0.3, 0.4) is 0 Å². The van der Waals surface area contributed by atoms with Crippen molar-refractivity contribution in [2.24, 2.45) is 0 Å². The van der Waals surface area contributed by atoms with Crippen LogP contribution in [-0.4, -0.2) is 16.1 Å². The van der Waals surface area contributed by atoms with Crippen LogP contribution in [0, 0.1) is 0 Å². The van der Waals surface area contributed by atoms with E-state index in [1.807, 2.05) is 12.1 Å². The minimum Gasteiger partial charge on any atom is -0.478 e. The predicted molar refractivity (Wildman–Crippen MR) is 97.1 cm³/mol. The van der Waals surface area contributed by atoms with Crippen molar-refractivity contribution in [1.82, 2.24) is 4.98 Å². The maximum absolute atomic E-state index is 11.3. The fourth-order valence-electron chi connectivity index (χ4n) is 2.33. The van der Waals surface area contributed by atoms with Crippen molar-refractivity contribution in [3.05, 3.63) is 75.4 Å². The standard InChI is InChI=1S/C18H10Cl3NO2/c19-12-3-1-10(2-4-12)17-15(7-11(9-22-17)18(23)24)14-6-5-13(20)8-16(14)21/h1-9H,(H,23,24). The predicted octanol–water partition coefficient (Wildman–Crippen LogP) is 6.07. The van der Waals surface area contributed by atoms with Crippen LogP contribution in [0.2, 0.25) is 15.1 Å². The molecule has 0 saturated heterocycles. The first kappa shape index (κ1) is 16.8. The number of carbonyl (C=O) groups is 1. The van der Waals surface area contributed by atoms with E-state index in [1.54, 1.807) is 36.4 Å². The summed E-state index contributed by atoms with van der Waals surface area (Å²) in [6, 6.07) is 13.7. The molecule has 1 aromatic heterocycles. The average molecular weight is 379 g/mol. The summed E-state index contributed by atoms with van der Waals surface area (Å²) in [6.07, 6.45) is 1.32. The lowest BCUT2D eigenvalue weighted by atomic mass is 9.98. The van der Waals surface area contributed by atoms with Gasteiger partial charge in [-0.15, -0.1) is 0 Å². The second kappa shape index (κ2) is 6.81. The van der Waals surface area contributed by atoms with E-state index in [9.17, 15) is 9.90 Å². The van der Waals surface area contributed by atoms with Crippen LogP contribution in [0.1, 0.15) is 10.4 Å². The fraction of sp³-hybridized carbons (Fsp3) is 0. The minimum absolute atomic E-state index is 0.0775. The molecule has 0 amide bonds. The number of hydrogen-bond donors (Lipinski definition) is 1. The molecule has 1 heterocycles. The number of halogens is 3. The molecule has 3 nitrogen and oxygen atoms in total. The zero-order valence-corrected chi connectivity index (χ0v) is 14.4. The molecule has 0 saturated carbocycles. The number of carboxylic acids is 1. The molecule has 120 valence electrons. The third-order valence-corrected chi connectivity index (χ3v) is 4.27. The zero-order valence-electron chi connectivity index (χ0n) is 12.1. The van der Waals surface area contributed by atoms with Gasteiger partial charge in [-0.1, -0.05) is 53.0 Å². The first-order valence-corrected chi connectivity index (χ1v) is 8.04. The number of rotatable bonds is 3. The average Bonchev–Trinajstić information content (AvgIpc) is 2.55. The van der Waals surface area contributed by atoms with Crippen LogP contribution >= 0.6 is 34.8 Å². The first-order chi connectivity index (χ1) is 11.5. The zero-order chi connectivity index (χ0) is 17.3. The largest absolute Gasteiger partial charge is 0.478 e. The number of benzene rings is 2. The third kappa shape index (κ3) is 3.39. The molecule has 2 aromatic carbocycles. The van der Waals surface area contributed by atoms with E-state index in [1.165, 1.54) is 6.20 Å². The second-order valence-electron chi connectivity index (χ2n) is 5.06. The molecule has 0 aliphatic rings. The molecule has 6 heteroatoms. The number of aromatic carboxylic acids is 1. The van der Waals surface area contributed by atoms with E-state index < -0.39 is 5.97 Å². The van der Waals surface area contributed by atoms with Crippen LogP contribution in [-0.2, 0) is 0 Å². The number of aromatic nitrogens is 1. The normalized spacial score (nSPS) is 10.6. The number of nitrogens with zero attached hydrogens (tertiary/aromatic N) is 1. The Morgan fingerprint density at radius 2 is 1.54 bits per heavy atom. The molecule has 3 rings (SSSR count). The van der Waals surface area contributed by atoms with Crippen molar-refractivity contribution in [3.63, 3.8) is 0 Å². The van der Waals surface area contributed by atoms with Crippen LogP contribution < -0.4 is 0 Å². The van der Waals surface area contributed by atoms with Gasteiger partial charge in [0.25, 0.3) is 0 Å². The summed E-state index contributed by atoms with van der Waals surface area (Å²) in [6.45, 7) is 0. The highest BCUT2D eigenvalue weighted by Crippen LogP contribution is 2.36. The molecular formula is C18H10Cl3NO2. The highest BCUT2D eigenvalue weighted by atomic mass is 35.5. The van der Waals surface area contributed by atoms with Crippen molar-refractivity contribution in [1.29, 1.82) is 0 Å². The van der Waals surface area contributed by atoms with Crippen LogP contribution in [0.4, 0.5) is 0 Å². The Bertz CT molecular complexity index is 924. The van der Waals surface area contributed by atoms with E-state index in [4.69, 9.17) is 34.8 Å². The van der Waals surface area contributed by atoms with Crippen molar-refractivity contribution >= 4 is 40.8 Å². The van der Waals surface area contributed by atoms with Gasteiger partial charge in [0.1, 0.15) is 0 Å². The summed E-state index contributed by atoms with van der Waals surface area (Å²) < 4.78 is 0.